The molecule has 1 aromatic heterocycles. The minimum atomic E-state index is -0.615. The standard InChI is InChI=1S/C27H31N5O2/c1-5-16-31(17-6-2)23-14-12-21(13-15-23)18-22(19-28)26(33)29-25-20(3)30(4)32(27(25)34)24-10-8-7-9-11-24/h7-15,18H,5-6,16-17H2,1-4H3,(H,29,33)/b22-18+. The van der Waals surface area contributed by atoms with Crippen LogP contribution in [0.4, 0.5) is 11.4 Å². The van der Waals surface area contributed by atoms with Crippen molar-refractivity contribution in [2.75, 3.05) is 23.3 Å². The highest BCUT2D eigenvalue weighted by Gasteiger charge is 2.20. The average molecular weight is 458 g/mol. The number of nitriles is 1. The maximum Gasteiger partial charge on any atom is 0.295 e. The first kappa shape index (κ1) is 24.6. The quantitative estimate of drug-likeness (QED) is 0.374. The molecule has 0 saturated carbocycles. The number of anilines is 2. The first-order chi connectivity index (χ1) is 16.4. The molecule has 3 rings (SSSR count). The second-order valence-electron chi connectivity index (χ2n) is 8.14. The summed E-state index contributed by atoms with van der Waals surface area (Å²) >= 11 is 0. The Morgan fingerprint density at radius 1 is 1.06 bits per heavy atom. The van der Waals surface area contributed by atoms with Gasteiger partial charge in [0.15, 0.2) is 0 Å². The zero-order valence-electron chi connectivity index (χ0n) is 20.2. The summed E-state index contributed by atoms with van der Waals surface area (Å²) in [4.78, 5) is 28.3. The fourth-order valence-electron chi connectivity index (χ4n) is 3.90. The Hall–Kier alpha value is -4.05. The van der Waals surface area contributed by atoms with Crippen LogP contribution in [0, 0.1) is 18.3 Å². The molecule has 0 aliphatic carbocycles. The van der Waals surface area contributed by atoms with Crippen LogP contribution >= 0.6 is 0 Å². The van der Waals surface area contributed by atoms with Gasteiger partial charge in [0.2, 0.25) is 0 Å². The van der Waals surface area contributed by atoms with Gasteiger partial charge in [-0.2, -0.15) is 5.26 Å². The highest BCUT2D eigenvalue weighted by atomic mass is 16.2. The Kier molecular flexibility index (Phi) is 8.10. The van der Waals surface area contributed by atoms with Crippen molar-refractivity contribution in [2.24, 2.45) is 7.05 Å². The Labute approximate surface area is 200 Å². The predicted molar refractivity (Wildman–Crippen MR) is 137 cm³/mol. The predicted octanol–water partition coefficient (Wildman–Crippen LogP) is 4.66. The fraction of sp³-hybridized carbons (Fsp3) is 0.296. The second kappa shape index (κ2) is 11.2. The van der Waals surface area contributed by atoms with Gasteiger partial charge in [-0.15, -0.1) is 0 Å². The molecule has 0 aliphatic rings. The molecule has 1 N–H and O–H groups in total. The molecule has 0 spiro atoms. The van der Waals surface area contributed by atoms with Crippen LogP contribution in [-0.4, -0.2) is 28.4 Å². The molecule has 1 amide bonds. The van der Waals surface area contributed by atoms with Crippen LogP contribution in [0.2, 0.25) is 0 Å². The molecule has 0 aliphatic heterocycles. The SMILES string of the molecule is CCCN(CCC)c1ccc(/C=C(\C#N)C(=O)Nc2c(C)n(C)n(-c3ccccc3)c2=O)cc1. The zero-order valence-corrected chi connectivity index (χ0v) is 20.2. The number of carbonyl (C=O) groups excluding carboxylic acids is 1. The van der Waals surface area contributed by atoms with E-state index in [-0.39, 0.29) is 16.8 Å². The van der Waals surface area contributed by atoms with E-state index in [1.807, 2.05) is 60.7 Å². The van der Waals surface area contributed by atoms with E-state index in [1.165, 1.54) is 10.8 Å². The van der Waals surface area contributed by atoms with Gasteiger partial charge in [-0.1, -0.05) is 44.2 Å². The van der Waals surface area contributed by atoms with E-state index in [9.17, 15) is 14.9 Å². The summed E-state index contributed by atoms with van der Waals surface area (Å²) in [7, 11) is 1.75. The van der Waals surface area contributed by atoms with Gasteiger partial charge in [0, 0.05) is 25.8 Å². The number of aromatic nitrogens is 2. The first-order valence-electron chi connectivity index (χ1n) is 11.5. The monoisotopic (exact) mass is 457 g/mol. The van der Waals surface area contributed by atoms with Gasteiger partial charge in [0.05, 0.1) is 11.4 Å². The maximum absolute atomic E-state index is 13.0. The van der Waals surface area contributed by atoms with Crippen LogP contribution in [0.5, 0.6) is 0 Å². The smallest absolute Gasteiger partial charge is 0.295 e. The fourth-order valence-corrected chi connectivity index (χ4v) is 3.90. The molecule has 3 aromatic rings. The second-order valence-corrected chi connectivity index (χ2v) is 8.14. The third-order valence-electron chi connectivity index (χ3n) is 5.71. The molecule has 7 heteroatoms. The highest BCUT2D eigenvalue weighted by Crippen LogP contribution is 2.19. The van der Waals surface area contributed by atoms with Gasteiger partial charge in [-0.05, 0) is 55.7 Å². The summed E-state index contributed by atoms with van der Waals surface area (Å²) in [5.41, 5.74) is 2.88. The van der Waals surface area contributed by atoms with Crippen molar-refractivity contribution in [1.82, 2.24) is 9.36 Å². The molecule has 0 atom stereocenters. The van der Waals surface area contributed by atoms with E-state index in [0.29, 0.717) is 11.4 Å². The lowest BCUT2D eigenvalue weighted by Crippen LogP contribution is -2.24. The van der Waals surface area contributed by atoms with Gasteiger partial charge in [-0.25, -0.2) is 4.68 Å². The molecule has 0 unspecified atom stereocenters. The summed E-state index contributed by atoms with van der Waals surface area (Å²) in [5, 5.41) is 12.3. The number of amides is 1. The molecule has 0 fully saturated rings. The average Bonchev–Trinajstić information content (AvgIpc) is 3.06. The largest absolute Gasteiger partial charge is 0.372 e. The van der Waals surface area contributed by atoms with E-state index >= 15 is 0 Å². The van der Waals surface area contributed by atoms with E-state index in [1.54, 1.807) is 18.7 Å². The van der Waals surface area contributed by atoms with Crippen LogP contribution < -0.4 is 15.8 Å². The number of nitrogens with one attached hydrogen (secondary N) is 1. The topological polar surface area (TPSA) is 83.1 Å². The van der Waals surface area contributed by atoms with Crippen molar-refractivity contribution < 1.29 is 4.79 Å². The number of para-hydroxylation sites is 1. The van der Waals surface area contributed by atoms with Gasteiger partial charge in [-0.3, -0.25) is 14.3 Å². The minimum absolute atomic E-state index is 0.0689. The number of benzene rings is 2. The number of rotatable bonds is 9. The molecular weight excluding hydrogens is 426 g/mol. The van der Waals surface area contributed by atoms with E-state index in [2.05, 4.69) is 24.1 Å². The van der Waals surface area contributed by atoms with Gasteiger partial charge in [0.1, 0.15) is 17.3 Å². The summed E-state index contributed by atoms with van der Waals surface area (Å²) in [6.07, 6.45) is 3.66. The van der Waals surface area contributed by atoms with Crippen LogP contribution in [0.15, 0.2) is 65.0 Å². The molecule has 0 saturated heterocycles. The third kappa shape index (κ3) is 5.29. The van der Waals surface area contributed by atoms with E-state index in [0.717, 1.165) is 37.2 Å². The number of hydrogen-bond acceptors (Lipinski definition) is 4. The van der Waals surface area contributed by atoms with E-state index in [4.69, 9.17) is 0 Å². The number of hydrogen-bond donors (Lipinski definition) is 1. The summed E-state index contributed by atoms with van der Waals surface area (Å²) < 4.78 is 3.16. The van der Waals surface area contributed by atoms with Crippen LogP contribution in [0.25, 0.3) is 11.8 Å². The lowest BCUT2D eigenvalue weighted by Gasteiger charge is -2.23. The molecular formula is C27H31N5O2. The Bertz CT molecular complexity index is 1260. The number of nitrogens with zero attached hydrogens (tertiary/aromatic N) is 4. The molecule has 0 bridgehead atoms. The molecule has 7 nitrogen and oxygen atoms in total. The molecule has 2 aromatic carbocycles. The molecule has 176 valence electrons. The third-order valence-corrected chi connectivity index (χ3v) is 5.71. The van der Waals surface area contributed by atoms with Crippen LogP contribution in [0.3, 0.4) is 0 Å². The summed E-state index contributed by atoms with van der Waals surface area (Å²) in [5.74, 6) is -0.615. The maximum atomic E-state index is 13.0. The minimum Gasteiger partial charge on any atom is -0.372 e. The van der Waals surface area contributed by atoms with Crippen molar-refractivity contribution in [2.45, 2.75) is 33.6 Å². The van der Waals surface area contributed by atoms with Crippen molar-refractivity contribution in [3.05, 3.63) is 81.8 Å². The molecule has 1 heterocycles. The first-order valence-corrected chi connectivity index (χ1v) is 11.5. The number of carbonyl (C=O) groups is 1. The summed E-state index contributed by atoms with van der Waals surface area (Å²) in [6.45, 7) is 8.02. The lowest BCUT2D eigenvalue weighted by atomic mass is 10.1. The van der Waals surface area contributed by atoms with Crippen LogP contribution in [-0.2, 0) is 11.8 Å². The van der Waals surface area contributed by atoms with Crippen LogP contribution in [0.1, 0.15) is 37.9 Å². The molecule has 0 radical (unpaired) electrons. The van der Waals surface area contributed by atoms with Gasteiger partial charge < -0.3 is 10.2 Å². The van der Waals surface area contributed by atoms with Crippen molar-refractivity contribution in [1.29, 1.82) is 5.26 Å². The van der Waals surface area contributed by atoms with Crippen molar-refractivity contribution in [3.63, 3.8) is 0 Å². The van der Waals surface area contributed by atoms with Gasteiger partial charge >= 0.3 is 0 Å². The molecule has 34 heavy (non-hydrogen) atoms. The zero-order chi connectivity index (χ0) is 24.7. The van der Waals surface area contributed by atoms with Crippen molar-refractivity contribution in [3.8, 4) is 11.8 Å². The van der Waals surface area contributed by atoms with Gasteiger partial charge in [0.25, 0.3) is 11.5 Å². The van der Waals surface area contributed by atoms with E-state index < -0.39 is 5.91 Å². The van der Waals surface area contributed by atoms with Crippen molar-refractivity contribution >= 4 is 23.4 Å². The Morgan fingerprint density at radius 2 is 1.68 bits per heavy atom. The highest BCUT2D eigenvalue weighted by molar-refractivity contribution is 6.09. The Balaban J connectivity index is 1.85. The summed E-state index contributed by atoms with van der Waals surface area (Å²) in [6, 6.07) is 19.0. The Morgan fingerprint density at radius 3 is 2.24 bits per heavy atom. The normalized spacial score (nSPS) is 11.2. The lowest BCUT2D eigenvalue weighted by molar-refractivity contribution is -0.112.